The van der Waals surface area contributed by atoms with E-state index in [1.54, 1.807) is 31.1 Å². The van der Waals surface area contributed by atoms with Crippen molar-refractivity contribution in [3.05, 3.63) is 78.4 Å². The number of hydrogen-bond donors (Lipinski definition) is 2. The molecule has 1 heterocycles. The Hall–Kier alpha value is -3.78. The summed E-state index contributed by atoms with van der Waals surface area (Å²) in [5.74, 6) is 7.15. The van der Waals surface area contributed by atoms with Crippen LogP contribution in [0.3, 0.4) is 0 Å². The molecular formula is C32H43N5O3. The van der Waals surface area contributed by atoms with Gasteiger partial charge in [0.1, 0.15) is 5.75 Å². The van der Waals surface area contributed by atoms with Crippen LogP contribution in [0.25, 0.3) is 16.8 Å². The van der Waals surface area contributed by atoms with Gasteiger partial charge in [-0.25, -0.2) is 15.3 Å². The van der Waals surface area contributed by atoms with Crippen LogP contribution in [0.2, 0.25) is 0 Å². The van der Waals surface area contributed by atoms with E-state index in [0.29, 0.717) is 24.0 Å². The van der Waals surface area contributed by atoms with Crippen molar-refractivity contribution < 1.29 is 14.3 Å². The first-order chi connectivity index (χ1) is 19.3. The lowest BCUT2D eigenvalue weighted by molar-refractivity contribution is 0.0526. The van der Waals surface area contributed by atoms with Crippen LogP contribution in [0.5, 0.6) is 5.75 Å². The molecule has 8 nitrogen and oxygen atoms in total. The summed E-state index contributed by atoms with van der Waals surface area (Å²) in [6.07, 6.45) is 14.2. The van der Waals surface area contributed by atoms with Crippen LogP contribution in [0.15, 0.2) is 72.8 Å². The van der Waals surface area contributed by atoms with E-state index < -0.39 is 0 Å². The van der Waals surface area contributed by atoms with E-state index in [2.05, 4.69) is 36.3 Å². The van der Waals surface area contributed by atoms with Crippen LogP contribution in [0.4, 0.5) is 0 Å². The molecule has 0 spiro atoms. The minimum Gasteiger partial charge on any atom is -0.490 e. The highest BCUT2D eigenvalue weighted by Crippen LogP contribution is 2.33. The Balaban J connectivity index is 0.000000350. The van der Waals surface area contributed by atoms with Gasteiger partial charge in [-0.15, -0.1) is 0 Å². The standard InChI is InChI=1S/C26H30N2O3.C6H13N3/c1-3-30-26(29)23-17-27-28(18-23)24-13-7-11-21(15-24)22-12-8-14-25(16-22)31-19(2)20-9-5-4-6-10-20;1-9(8)4-6(7)5-2-3-5/h7-8,11-20H,3-6,9-10H2,1-2H3;4-5H,2-3,7-8H2,1H3/b;6-4-. The molecule has 2 aromatic carbocycles. The normalized spacial score (nSPS) is 16.4. The lowest BCUT2D eigenvalue weighted by Gasteiger charge is -2.28. The number of allylic oxidation sites excluding steroid dienone is 1. The van der Waals surface area contributed by atoms with E-state index >= 15 is 0 Å². The number of ether oxygens (including phenoxy) is 2. The summed E-state index contributed by atoms with van der Waals surface area (Å²) >= 11 is 0. The summed E-state index contributed by atoms with van der Waals surface area (Å²) in [6.45, 7) is 4.33. The van der Waals surface area contributed by atoms with Crippen molar-refractivity contribution >= 4 is 5.97 Å². The van der Waals surface area contributed by atoms with E-state index in [9.17, 15) is 4.79 Å². The van der Waals surface area contributed by atoms with Gasteiger partial charge in [-0.1, -0.05) is 43.5 Å². The van der Waals surface area contributed by atoms with Crippen molar-refractivity contribution in [2.75, 3.05) is 13.7 Å². The average molecular weight is 546 g/mol. The predicted molar refractivity (Wildman–Crippen MR) is 159 cm³/mol. The fourth-order valence-electron chi connectivity index (χ4n) is 5.03. The van der Waals surface area contributed by atoms with Crippen LogP contribution in [-0.2, 0) is 4.74 Å². The number of nitrogens with two attached hydrogens (primary N) is 2. The molecule has 2 fully saturated rings. The van der Waals surface area contributed by atoms with E-state index in [0.717, 1.165) is 28.3 Å². The summed E-state index contributed by atoms with van der Waals surface area (Å²) in [5, 5.41) is 5.82. The summed E-state index contributed by atoms with van der Waals surface area (Å²) in [6, 6.07) is 16.4. The van der Waals surface area contributed by atoms with Gasteiger partial charge in [-0.05, 0) is 80.8 Å². The molecule has 2 aliphatic rings. The second kappa shape index (κ2) is 14.0. The highest BCUT2D eigenvalue weighted by molar-refractivity contribution is 5.88. The van der Waals surface area contributed by atoms with Crippen LogP contribution in [0, 0.1) is 11.8 Å². The second-order valence-electron chi connectivity index (χ2n) is 10.8. The fourth-order valence-corrected chi connectivity index (χ4v) is 5.03. The Morgan fingerprint density at radius 3 is 2.48 bits per heavy atom. The monoisotopic (exact) mass is 545 g/mol. The minimum absolute atomic E-state index is 0.229. The molecule has 0 aliphatic heterocycles. The Kier molecular flexibility index (Phi) is 10.2. The number of rotatable bonds is 9. The number of carbonyl (C=O) groups excluding carboxylic acids is 1. The largest absolute Gasteiger partial charge is 0.490 e. The molecule has 40 heavy (non-hydrogen) atoms. The number of carbonyl (C=O) groups is 1. The highest BCUT2D eigenvalue weighted by atomic mass is 16.5. The number of benzene rings is 2. The Labute approximate surface area is 237 Å². The number of nitrogens with zero attached hydrogens (tertiary/aromatic N) is 3. The molecule has 0 radical (unpaired) electrons. The second-order valence-corrected chi connectivity index (χ2v) is 10.8. The van der Waals surface area contributed by atoms with Crippen molar-refractivity contribution in [1.29, 1.82) is 0 Å². The van der Waals surface area contributed by atoms with Crippen molar-refractivity contribution in [2.24, 2.45) is 23.4 Å². The number of hydrogen-bond acceptors (Lipinski definition) is 7. The van der Waals surface area contributed by atoms with Crippen LogP contribution < -0.4 is 16.3 Å². The van der Waals surface area contributed by atoms with Crippen LogP contribution in [-0.4, -0.2) is 40.5 Å². The molecule has 8 heteroatoms. The number of hydrazine groups is 1. The van der Waals surface area contributed by atoms with Gasteiger partial charge in [-0.3, -0.25) is 0 Å². The third kappa shape index (κ3) is 8.36. The van der Waals surface area contributed by atoms with E-state index in [1.807, 2.05) is 24.3 Å². The zero-order valence-electron chi connectivity index (χ0n) is 24.0. The molecule has 0 saturated heterocycles. The molecule has 4 N–H and O–H groups in total. The van der Waals surface area contributed by atoms with E-state index in [4.69, 9.17) is 21.1 Å². The first-order valence-electron chi connectivity index (χ1n) is 14.4. The lowest BCUT2D eigenvalue weighted by atomic mass is 9.86. The van der Waals surface area contributed by atoms with Gasteiger partial charge in [0.2, 0.25) is 0 Å². The summed E-state index contributed by atoms with van der Waals surface area (Å²) < 4.78 is 13.1. The zero-order chi connectivity index (χ0) is 28.5. The predicted octanol–water partition coefficient (Wildman–Crippen LogP) is 6.07. The third-order valence-corrected chi connectivity index (χ3v) is 7.41. The third-order valence-electron chi connectivity index (χ3n) is 7.41. The van der Waals surface area contributed by atoms with Gasteiger partial charge in [0.05, 0.1) is 30.2 Å². The zero-order valence-corrected chi connectivity index (χ0v) is 24.0. The molecule has 1 aromatic heterocycles. The van der Waals surface area contributed by atoms with Gasteiger partial charge < -0.3 is 20.2 Å². The Morgan fingerprint density at radius 1 is 1.10 bits per heavy atom. The average Bonchev–Trinajstić information content (AvgIpc) is 3.70. The molecule has 214 valence electrons. The first-order valence-corrected chi connectivity index (χ1v) is 14.4. The number of aromatic nitrogens is 2. The summed E-state index contributed by atoms with van der Waals surface area (Å²) in [7, 11) is 1.77. The summed E-state index contributed by atoms with van der Waals surface area (Å²) in [4.78, 5) is 11.9. The topological polar surface area (TPSA) is 109 Å². The Bertz CT molecular complexity index is 1270. The van der Waals surface area contributed by atoms with E-state index in [1.165, 1.54) is 56.2 Å². The van der Waals surface area contributed by atoms with Crippen molar-refractivity contribution in [3.8, 4) is 22.6 Å². The van der Waals surface area contributed by atoms with Gasteiger partial charge >= 0.3 is 5.97 Å². The maximum Gasteiger partial charge on any atom is 0.341 e. The molecule has 2 aliphatic carbocycles. The Morgan fingerprint density at radius 2 is 1.80 bits per heavy atom. The van der Waals surface area contributed by atoms with Gasteiger partial charge in [0.15, 0.2) is 0 Å². The number of esters is 1. The molecule has 3 aromatic rings. The summed E-state index contributed by atoms with van der Waals surface area (Å²) in [5.41, 5.74) is 10.0. The molecular weight excluding hydrogens is 502 g/mol. The molecule has 1 unspecified atom stereocenters. The minimum atomic E-state index is -0.359. The van der Waals surface area contributed by atoms with Crippen LogP contribution >= 0.6 is 0 Å². The molecule has 0 bridgehead atoms. The molecule has 0 amide bonds. The van der Waals surface area contributed by atoms with E-state index in [-0.39, 0.29) is 12.1 Å². The smallest absolute Gasteiger partial charge is 0.341 e. The maximum absolute atomic E-state index is 11.9. The first kappa shape index (κ1) is 29.2. The van der Waals surface area contributed by atoms with Gasteiger partial charge in [0, 0.05) is 31.1 Å². The molecule has 1 atom stereocenters. The quantitative estimate of drug-likeness (QED) is 0.191. The molecule has 5 rings (SSSR count). The fraction of sp³-hybridized carbons (Fsp3) is 0.438. The van der Waals surface area contributed by atoms with Crippen LogP contribution in [0.1, 0.15) is 69.2 Å². The molecule has 2 saturated carbocycles. The highest BCUT2D eigenvalue weighted by Gasteiger charge is 2.24. The van der Waals surface area contributed by atoms with Crippen molar-refractivity contribution in [3.63, 3.8) is 0 Å². The van der Waals surface area contributed by atoms with Crippen molar-refractivity contribution in [2.45, 2.75) is 64.9 Å². The maximum atomic E-state index is 11.9. The van der Waals surface area contributed by atoms with Gasteiger partial charge in [0.25, 0.3) is 0 Å². The SMILES string of the molecule is CCOC(=O)c1cnn(-c2cccc(-c3cccc(OC(C)C4CCCCC4)c3)c2)c1.CN(N)/C=C(\N)C1CC1. The lowest BCUT2D eigenvalue weighted by Crippen LogP contribution is -2.25. The van der Waals surface area contributed by atoms with Gasteiger partial charge in [-0.2, -0.15) is 5.10 Å². The van der Waals surface area contributed by atoms with Crippen molar-refractivity contribution in [1.82, 2.24) is 14.8 Å².